The fraction of sp³-hybridized carbons (Fsp3) is 0.321. The van der Waals surface area contributed by atoms with Crippen LogP contribution in [0.15, 0.2) is 47.2 Å². The molecule has 0 unspecified atom stereocenters. The molecule has 210 valence electrons. The van der Waals surface area contributed by atoms with Crippen molar-refractivity contribution in [2.24, 2.45) is 5.92 Å². The molecule has 1 aromatic carbocycles. The van der Waals surface area contributed by atoms with Crippen LogP contribution in [0.5, 0.6) is 11.9 Å². The highest BCUT2D eigenvalue weighted by molar-refractivity contribution is 5.77. The molecule has 1 aliphatic carbocycles. The number of halogens is 1. The largest absolute Gasteiger partial charge is 0.481 e. The average molecular weight is 560 g/mol. The molecule has 0 aliphatic heterocycles. The number of benzene rings is 1. The van der Waals surface area contributed by atoms with Gasteiger partial charge in [-0.15, -0.1) is 0 Å². The molecule has 1 fully saturated rings. The van der Waals surface area contributed by atoms with E-state index in [0.29, 0.717) is 45.7 Å². The summed E-state index contributed by atoms with van der Waals surface area (Å²) in [5, 5.41) is 12.8. The van der Waals surface area contributed by atoms with Crippen LogP contribution >= 0.6 is 0 Å². The van der Waals surface area contributed by atoms with Crippen molar-refractivity contribution in [2.75, 3.05) is 0 Å². The monoisotopic (exact) mass is 559 g/mol. The number of pyridine rings is 1. The van der Waals surface area contributed by atoms with Gasteiger partial charge in [-0.3, -0.25) is 4.79 Å². The molecule has 0 saturated heterocycles. The Morgan fingerprint density at radius 3 is 2.59 bits per heavy atom. The van der Waals surface area contributed by atoms with Crippen LogP contribution in [0.3, 0.4) is 0 Å². The minimum atomic E-state index is -0.763. The van der Waals surface area contributed by atoms with Crippen molar-refractivity contribution in [1.29, 1.82) is 0 Å². The first-order valence-electron chi connectivity index (χ1n) is 13.2. The minimum Gasteiger partial charge on any atom is -0.481 e. The molecule has 1 aliphatic rings. The fourth-order valence-corrected chi connectivity index (χ4v) is 4.89. The summed E-state index contributed by atoms with van der Waals surface area (Å²) in [5.74, 6) is 0.478. The molecule has 4 aromatic heterocycles. The Balaban J connectivity index is 1.10. The van der Waals surface area contributed by atoms with Gasteiger partial charge in [0.25, 0.3) is 0 Å². The van der Waals surface area contributed by atoms with E-state index in [1.165, 1.54) is 6.07 Å². The normalized spacial score (nSPS) is 17.0. The number of H-pyrrole nitrogens is 1. The maximum absolute atomic E-state index is 15.2. The molecular formula is C28H26FN7O5. The Bertz CT molecular complexity index is 1680. The van der Waals surface area contributed by atoms with Crippen LogP contribution in [-0.4, -0.2) is 52.2 Å². The van der Waals surface area contributed by atoms with E-state index >= 15 is 4.39 Å². The molecule has 6 rings (SSSR count). The smallest absolute Gasteiger partial charge is 0.316 e. The van der Waals surface area contributed by atoms with E-state index in [1.807, 2.05) is 0 Å². The zero-order chi connectivity index (χ0) is 28.3. The molecule has 0 radical (unpaired) electrons. The number of rotatable bonds is 9. The SMILES string of the molecule is Cc1nc(COc2ccc3nc(-c4ccc(-c5cnc(OC6CCC(CC(=O)O)CC6)nc5)cc4F)[nH]c3n2)no1. The summed E-state index contributed by atoms with van der Waals surface area (Å²) in [7, 11) is 0. The van der Waals surface area contributed by atoms with E-state index in [-0.39, 0.29) is 36.6 Å². The van der Waals surface area contributed by atoms with E-state index in [1.54, 1.807) is 43.6 Å². The average Bonchev–Trinajstić information content (AvgIpc) is 3.58. The number of imidazole rings is 1. The molecule has 12 nitrogen and oxygen atoms in total. The highest BCUT2D eigenvalue weighted by Crippen LogP contribution is 2.30. The van der Waals surface area contributed by atoms with Crippen LogP contribution in [0.1, 0.15) is 43.8 Å². The lowest BCUT2D eigenvalue weighted by Gasteiger charge is -2.27. The van der Waals surface area contributed by atoms with Gasteiger partial charge in [0, 0.05) is 37.4 Å². The molecule has 0 bridgehead atoms. The summed E-state index contributed by atoms with van der Waals surface area (Å²) >= 11 is 0. The number of fused-ring (bicyclic) bond motifs is 1. The Morgan fingerprint density at radius 1 is 1.07 bits per heavy atom. The standard InChI is InChI=1S/C28H26FN7O5/c1-15-32-23(36-41-15)14-39-24-9-8-22-27(34-24)35-26(33-22)20-7-4-17(11-21(20)29)18-12-30-28(31-13-18)40-19-5-2-16(3-6-19)10-25(37)38/h4,7-9,11-13,16,19H,2-3,5-6,10,14H2,1H3,(H,37,38)(H,33,34,35). The number of nitrogens with one attached hydrogen (secondary N) is 1. The second-order valence-corrected chi connectivity index (χ2v) is 9.93. The van der Waals surface area contributed by atoms with Crippen molar-refractivity contribution < 1.29 is 28.3 Å². The van der Waals surface area contributed by atoms with Gasteiger partial charge in [0.05, 0.1) is 5.56 Å². The topological polar surface area (TPSA) is 162 Å². The third-order valence-corrected chi connectivity index (χ3v) is 6.95. The van der Waals surface area contributed by atoms with Gasteiger partial charge in [0.15, 0.2) is 12.3 Å². The molecular weight excluding hydrogens is 533 g/mol. The van der Waals surface area contributed by atoms with E-state index in [0.717, 1.165) is 25.7 Å². The number of carbonyl (C=O) groups is 1. The van der Waals surface area contributed by atoms with Gasteiger partial charge in [-0.05, 0) is 55.4 Å². The molecule has 0 spiro atoms. The van der Waals surface area contributed by atoms with Gasteiger partial charge < -0.3 is 24.1 Å². The van der Waals surface area contributed by atoms with Gasteiger partial charge in [0.2, 0.25) is 17.6 Å². The van der Waals surface area contributed by atoms with Crippen molar-refractivity contribution in [3.63, 3.8) is 0 Å². The van der Waals surface area contributed by atoms with Crippen LogP contribution in [0.2, 0.25) is 0 Å². The first-order valence-corrected chi connectivity index (χ1v) is 13.2. The second kappa shape index (κ2) is 11.3. The van der Waals surface area contributed by atoms with Crippen molar-refractivity contribution in [3.8, 4) is 34.4 Å². The fourth-order valence-electron chi connectivity index (χ4n) is 4.89. The maximum atomic E-state index is 15.2. The summed E-state index contributed by atoms with van der Waals surface area (Å²) in [5.41, 5.74) is 2.54. The zero-order valence-electron chi connectivity index (χ0n) is 22.1. The molecule has 0 amide bonds. The lowest BCUT2D eigenvalue weighted by Crippen LogP contribution is -2.25. The number of aromatic amines is 1. The van der Waals surface area contributed by atoms with Gasteiger partial charge >= 0.3 is 12.0 Å². The number of aromatic nitrogens is 7. The minimum absolute atomic E-state index is 0.0432. The number of carboxylic acid groups (broad SMARTS) is 1. The number of ether oxygens (including phenoxy) is 2. The molecule has 4 heterocycles. The predicted octanol–water partition coefficient (Wildman–Crippen LogP) is 4.90. The summed E-state index contributed by atoms with van der Waals surface area (Å²) in [6.07, 6.45) is 6.47. The van der Waals surface area contributed by atoms with Crippen molar-refractivity contribution in [2.45, 2.75) is 51.7 Å². The molecule has 13 heteroatoms. The number of carboxylic acids is 1. The number of hydrogen-bond donors (Lipinski definition) is 2. The van der Waals surface area contributed by atoms with Crippen LogP contribution in [0, 0.1) is 18.7 Å². The molecule has 2 N–H and O–H groups in total. The third-order valence-electron chi connectivity index (χ3n) is 6.95. The lowest BCUT2D eigenvalue weighted by molar-refractivity contribution is -0.138. The Labute approximate surface area is 233 Å². The molecule has 0 atom stereocenters. The van der Waals surface area contributed by atoms with E-state index < -0.39 is 11.8 Å². The predicted molar refractivity (Wildman–Crippen MR) is 142 cm³/mol. The van der Waals surface area contributed by atoms with Crippen LogP contribution in [0.25, 0.3) is 33.7 Å². The van der Waals surface area contributed by atoms with E-state index in [2.05, 4.69) is 35.1 Å². The van der Waals surface area contributed by atoms with Crippen LogP contribution < -0.4 is 9.47 Å². The Hall–Kier alpha value is -4.94. The lowest BCUT2D eigenvalue weighted by atomic mass is 9.85. The summed E-state index contributed by atoms with van der Waals surface area (Å²) in [6.45, 7) is 1.79. The van der Waals surface area contributed by atoms with Crippen LogP contribution in [-0.2, 0) is 11.4 Å². The van der Waals surface area contributed by atoms with Crippen molar-refractivity contribution >= 4 is 17.1 Å². The number of aliphatic carboxylic acids is 1. The van der Waals surface area contributed by atoms with E-state index in [9.17, 15) is 4.79 Å². The Kier molecular flexibility index (Phi) is 7.23. The first kappa shape index (κ1) is 26.3. The van der Waals surface area contributed by atoms with E-state index in [4.69, 9.17) is 19.1 Å². The first-order chi connectivity index (χ1) is 19.9. The van der Waals surface area contributed by atoms with Crippen molar-refractivity contribution in [3.05, 3.63) is 60.3 Å². The quantitative estimate of drug-likeness (QED) is 0.252. The highest BCUT2D eigenvalue weighted by Gasteiger charge is 2.24. The summed E-state index contributed by atoms with van der Waals surface area (Å²) in [6, 6.07) is 8.45. The molecule has 41 heavy (non-hydrogen) atoms. The summed E-state index contributed by atoms with van der Waals surface area (Å²) < 4.78 is 31.7. The maximum Gasteiger partial charge on any atom is 0.316 e. The number of nitrogens with zero attached hydrogens (tertiary/aromatic N) is 6. The Morgan fingerprint density at radius 2 is 1.88 bits per heavy atom. The third kappa shape index (κ3) is 6.13. The summed E-state index contributed by atoms with van der Waals surface area (Å²) in [4.78, 5) is 35.5. The van der Waals surface area contributed by atoms with Gasteiger partial charge in [-0.2, -0.15) is 9.97 Å². The van der Waals surface area contributed by atoms with Crippen LogP contribution in [0.4, 0.5) is 4.39 Å². The zero-order valence-corrected chi connectivity index (χ0v) is 22.1. The molecule has 5 aromatic rings. The second-order valence-electron chi connectivity index (χ2n) is 9.93. The van der Waals surface area contributed by atoms with Gasteiger partial charge in [-0.1, -0.05) is 11.2 Å². The number of hydrogen-bond acceptors (Lipinski definition) is 10. The molecule has 1 saturated carbocycles. The highest BCUT2D eigenvalue weighted by atomic mass is 19.1. The van der Waals surface area contributed by atoms with Crippen molar-refractivity contribution in [1.82, 2.24) is 35.1 Å². The number of aryl methyl sites for hydroxylation is 1. The van der Waals surface area contributed by atoms with Gasteiger partial charge in [-0.25, -0.2) is 19.3 Å². The van der Waals surface area contributed by atoms with Gasteiger partial charge in [0.1, 0.15) is 23.3 Å².